The van der Waals surface area contributed by atoms with Crippen molar-refractivity contribution in [2.75, 3.05) is 19.8 Å². The van der Waals surface area contributed by atoms with E-state index in [4.69, 9.17) is 9.72 Å². The summed E-state index contributed by atoms with van der Waals surface area (Å²) in [7, 11) is 0. The van der Waals surface area contributed by atoms with E-state index in [2.05, 4.69) is 22.4 Å². The largest absolute Gasteiger partial charge is 0.381 e. The average molecular weight is 327 g/mol. The summed E-state index contributed by atoms with van der Waals surface area (Å²) >= 11 is 0. The molecule has 2 aliphatic rings. The Kier molecular flexibility index (Phi) is 4.52. The van der Waals surface area contributed by atoms with Crippen molar-refractivity contribution in [1.29, 1.82) is 0 Å². The van der Waals surface area contributed by atoms with Gasteiger partial charge in [-0.1, -0.05) is 12.1 Å². The van der Waals surface area contributed by atoms with Crippen LogP contribution in [0.15, 0.2) is 24.3 Å². The van der Waals surface area contributed by atoms with E-state index in [1.165, 1.54) is 0 Å². The molecular weight excluding hydrogens is 302 g/mol. The molecule has 0 unspecified atom stereocenters. The summed E-state index contributed by atoms with van der Waals surface area (Å²) in [5, 5.41) is 3.13. The lowest BCUT2D eigenvalue weighted by Gasteiger charge is -2.27. The maximum Gasteiger partial charge on any atom is 0.225 e. The van der Waals surface area contributed by atoms with Crippen LogP contribution in [0.4, 0.5) is 0 Å². The molecule has 2 aromatic rings. The highest BCUT2D eigenvalue weighted by atomic mass is 16.5. The number of rotatable bonds is 4. The Labute approximate surface area is 142 Å². The number of hydrogen-bond acceptors (Lipinski definition) is 3. The molecule has 5 nitrogen and oxygen atoms in total. The van der Waals surface area contributed by atoms with Crippen LogP contribution in [0.1, 0.15) is 43.8 Å². The van der Waals surface area contributed by atoms with Crippen molar-refractivity contribution < 1.29 is 9.53 Å². The first kappa shape index (κ1) is 15.6. The van der Waals surface area contributed by atoms with Crippen LogP contribution in [0.2, 0.25) is 0 Å². The van der Waals surface area contributed by atoms with E-state index in [-0.39, 0.29) is 11.8 Å². The van der Waals surface area contributed by atoms with Crippen molar-refractivity contribution in [3.05, 3.63) is 30.1 Å². The van der Waals surface area contributed by atoms with E-state index in [0.717, 1.165) is 62.1 Å². The first-order valence-electron chi connectivity index (χ1n) is 9.09. The van der Waals surface area contributed by atoms with Gasteiger partial charge < -0.3 is 15.0 Å². The van der Waals surface area contributed by atoms with Crippen LogP contribution in [-0.2, 0) is 9.53 Å². The van der Waals surface area contributed by atoms with Crippen LogP contribution in [0, 0.1) is 11.8 Å². The van der Waals surface area contributed by atoms with Crippen molar-refractivity contribution in [3.63, 3.8) is 0 Å². The smallest absolute Gasteiger partial charge is 0.225 e. The number of ether oxygens (including phenoxy) is 1. The van der Waals surface area contributed by atoms with Crippen LogP contribution < -0.4 is 5.32 Å². The Balaban J connectivity index is 1.27. The fourth-order valence-electron chi connectivity index (χ4n) is 3.94. The number of nitrogens with zero attached hydrogens (tertiary/aromatic N) is 1. The zero-order valence-corrected chi connectivity index (χ0v) is 14.0. The van der Waals surface area contributed by atoms with Crippen molar-refractivity contribution in [2.24, 2.45) is 11.8 Å². The Bertz CT molecular complexity index is 664. The molecular formula is C19H25N3O2. The maximum absolute atomic E-state index is 12.1. The number of aromatic amines is 1. The molecule has 1 saturated carbocycles. The molecule has 128 valence electrons. The molecule has 1 atom stereocenters. The molecule has 0 bridgehead atoms. The molecule has 0 spiro atoms. The predicted molar refractivity (Wildman–Crippen MR) is 92.7 cm³/mol. The molecule has 1 aliphatic carbocycles. The standard InChI is InChI=1S/C19H25N3O2/c23-19(15-9-10-24-12-15)20-11-13-5-7-14(8-6-13)18-21-16-3-1-2-4-17(16)22-18/h1-4,13-15H,5-12H2,(H,20,23)(H,21,22)/t13?,14?,15-/m1/s1. The van der Waals surface area contributed by atoms with Gasteiger partial charge in [0, 0.05) is 19.1 Å². The number of carbonyl (C=O) groups excluding carboxylic acids is 1. The number of para-hydroxylation sites is 2. The lowest BCUT2D eigenvalue weighted by Crippen LogP contribution is -2.35. The zero-order valence-electron chi connectivity index (χ0n) is 14.0. The van der Waals surface area contributed by atoms with Crippen molar-refractivity contribution in [3.8, 4) is 0 Å². The SMILES string of the molecule is O=C(NCC1CCC(c2nc3ccccc3[nH]2)CC1)[C@@H]1CCOC1. The van der Waals surface area contributed by atoms with Crippen molar-refractivity contribution in [1.82, 2.24) is 15.3 Å². The highest BCUT2D eigenvalue weighted by Gasteiger charge is 2.27. The number of imidazole rings is 1. The fourth-order valence-corrected chi connectivity index (χ4v) is 3.94. The van der Waals surface area contributed by atoms with E-state index in [9.17, 15) is 4.79 Å². The van der Waals surface area contributed by atoms with Gasteiger partial charge in [0.05, 0.1) is 23.6 Å². The summed E-state index contributed by atoms with van der Waals surface area (Å²) in [6, 6.07) is 8.21. The first-order chi connectivity index (χ1) is 11.8. The molecule has 0 radical (unpaired) electrons. The van der Waals surface area contributed by atoms with Gasteiger partial charge in [0.15, 0.2) is 0 Å². The quantitative estimate of drug-likeness (QED) is 0.907. The maximum atomic E-state index is 12.1. The molecule has 24 heavy (non-hydrogen) atoms. The summed E-state index contributed by atoms with van der Waals surface area (Å²) in [6.07, 6.45) is 5.47. The average Bonchev–Trinajstić information content (AvgIpc) is 3.29. The van der Waals surface area contributed by atoms with Gasteiger partial charge >= 0.3 is 0 Å². The summed E-state index contributed by atoms with van der Waals surface area (Å²) in [5.74, 6) is 2.48. The minimum atomic E-state index is 0.0666. The molecule has 2 fully saturated rings. The second-order valence-corrected chi connectivity index (χ2v) is 7.16. The summed E-state index contributed by atoms with van der Waals surface area (Å²) in [6.45, 7) is 2.12. The lowest BCUT2D eigenvalue weighted by molar-refractivity contribution is -0.125. The predicted octanol–water partition coefficient (Wildman–Crippen LogP) is 2.99. The third kappa shape index (κ3) is 3.31. The molecule has 4 rings (SSSR count). The van der Waals surface area contributed by atoms with Gasteiger partial charge in [0.25, 0.3) is 0 Å². The monoisotopic (exact) mass is 327 g/mol. The number of fused-ring (bicyclic) bond motifs is 1. The first-order valence-corrected chi connectivity index (χ1v) is 9.09. The Morgan fingerprint density at radius 2 is 2.04 bits per heavy atom. The summed E-state index contributed by atoms with van der Waals surface area (Å²) < 4.78 is 5.29. The van der Waals surface area contributed by atoms with Crippen molar-refractivity contribution >= 4 is 16.9 Å². The Hall–Kier alpha value is -1.88. The topological polar surface area (TPSA) is 67.0 Å². The van der Waals surface area contributed by atoms with Gasteiger partial charge in [-0.2, -0.15) is 0 Å². The molecule has 1 saturated heterocycles. The van der Waals surface area contributed by atoms with E-state index in [0.29, 0.717) is 18.4 Å². The van der Waals surface area contributed by atoms with Gasteiger partial charge in [-0.05, 0) is 50.2 Å². The number of benzene rings is 1. The van der Waals surface area contributed by atoms with Crippen LogP contribution in [0.3, 0.4) is 0 Å². The van der Waals surface area contributed by atoms with Crippen molar-refractivity contribution in [2.45, 2.75) is 38.0 Å². The number of hydrogen-bond donors (Lipinski definition) is 2. The van der Waals surface area contributed by atoms with E-state index in [1.807, 2.05) is 12.1 Å². The van der Waals surface area contributed by atoms with Crippen LogP contribution in [-0.4, -0.2) is 35.6 Å². The Morgan fingerprint density at radius 3 is 2.79 bits per heavy atom. The molecule has 1 aromatic carbocycles. The molecule has 2 heterocycles. The summed E-state index contributed by atoms with van der Waals surface area (Å²) in [5.41, 5.74) is 2.18. The number of H-pyrrole nitrogens is 1. The van der Waals surface area contributed by atoms with Crippen LogP contribution in [0.5, 0.6) is 0 Å². The minimum Gasteiger partial charge on any atom is -0.381 e. The molecule has 2 N–H and O–H groups in total. The third-order valence-corrected chi connectivity index (χ3v) is 5.51. The highest BCUT2D eigenvalue weighted by Crippen LogP contribution is 2.35. The molecule has 1 aromatic heterocycles. The van der Waals surface area contributed by atoms with Gasteiger partial charge in [0.2, 0.25) is 5.91 Å². The van der Waals surface area contributed by atoms with Gasteiger partial charge in [-0.15, -0.1) is 0 Å². The van der Waals surface area contributed by atoms with Gasteiger partial charge in [-0.25, -0.2) is 4.98 Å². The second-order valence-electron chi connectivity index (χ2n) is 7.16. The van der Waals surface area contributed by atoms with E-state index >= 15 is 0 Å². The van der Waals surface area contributed by atoms with Gasteiger partial charge in [0.1, 0.15) is 5.82 Å². The lowest BCUT2D eigenvalue weighted by atomic mass is 9.81. The number of nitrogens with one attached hydrogen (secondary N) is 2. The fraction of sp³-hybridized carbons (Fsp3) is 0.579. The third-order valence-electron chi connectivity index (χ3n) is 5.51. The zero-order chi connectivity index (χ0) is 16.4. The molecule has 1 aliphatic heterocycles. The van der Waals surface area contributed by atoms with E-state index in [1.54, 1.807) is 0 Å². The van der Waals surface area contributed by atoms with Crippen LogP contribution >= 0.6 is 0 Å². The second kappa shape index (κ2) is 6.93. The number of carbonyl (C=O) groups is 1. The Morgan fingerprint density at radius 1 is 1.21 bits per heavy atom. The van der Waals surface area contributed by atoms with Crippen LogP contribution in [0.25, 0.3) is 11.0 Å². The normalized spacial score (nSPS) is 27.4. The van der Waals surface area contributed by atoms with E-state index < -0.39 is 0 Å². The highest BCUT2D eigenvalue weighted by molar-refractivity contribution is 5.79. The number of amides is 1. The molecule has 1 amide bonds. The number of aromatic nitrogens is 2. The minimum absolute atomic E-state index is 0.0666. The summed E-state index contributed by atoms with van der Waals surface area (Å²) in [4.78, 5) is 20.3. The molecule has 5 heteroatoms. The van der Waals surface area contributed by atoms with Gasteiger partial charge in [-0.3, -0.25) is 4.79 Å².